The summed E-state index contributed by atoms with van der Waals surface area (Å²) in [6, 6.07) is 12.7. The van der Waals surface area contributed by atoms with Gasteiger partial charge in [0.05, 0.1) is 12.7 Å². The fourth-order valence-electron chi connectivity index (χ4n) is 6.37. The summed E-state index contributed by atoms with van der Waals surface area (Å²) in [5, 5.41) is 18.7. The van der Waals surface area contributed by atoms with Gasteiger partial charge in [0.1, 0.15) is 5.82 Å². The van der Waals surface area contributed by atoms with E-state index in [0.717, 1.165) is 56.3 Å². The maximum Gasteiger partial charge on any atom is 0.406 e. The monoisotopic (exact) mass is 553 g/mol. The van der Waals surface area contributed by atoms with Crippen molar-refractivity contribution in [3.05, 3.63) is 59.4 Å². The summed E-state index contributed by atoms with van der Waals surface area (Å²) in [6.45, 7) is 5.34. The van der Waals surface area contributed by atoms with Crippen molar-refractivity contribution in [2.75, 3.05) is 39.8 Å². The lowest BCUT2D eigenvalue weighted by Crippen LogP contribution is -2.49. The van der Waals surface area contributed by atoms with Crippen molar-refractivity contribution in [3.63, 3.8) is 0 Å². The van der Waals surface area contributed by atoms with Gasteiger partial charge in [-0.25, -0.2) is 9.18 Å². The van der Waals surface area contributed by atoms with Crippen LogP contribution in [0, 0.1) is 17.7 Å². The number of hydrogen-bond donors (Lipinski definition) is 3. The largest absolute Gasteiger partial charge is 0.453 e. The molecule has 2 fully saturated rings. The lowest BCUT2D eigenvalue weighted by molar-refractivity contribution is -0.137. The highest BCUT2D eigenvalue weighted by Crippen LogP contribution is 2.44. The molecule has 2 aromatic carbocycles. The van der Waals surface area contributed by atoms with Gasteiger partial charge >= 0.3 is 6.09 Å². The number of carbonyl (C=O) groups excluding carboxylic acids is 2. The normalized spacial score (nSPS) is 20.9. The van der Waals surface area contributed by atoms with Gasteiger partial charge < -0.3 is 25.4 Å². The molecule has 40 heavy (non-hydrogen) atoms. The lowest BCUT2D eigenvalue weighted by atomic mass is 9.72. The van der Waals surface area contributed by atoms with E-state index in [0.29, 0.717) is 55.9 Å². The number of nitrogens with zero attached hydrogens (tertiary/aromatic N) is 1. The van der Waals surface area contributed by atoms with Crippen LogP contribution in [0.1, 0.15) is 63.0 Å². The van der Waals surface area contributed by atoms with Gasteiger partial charge in [-0.1, -0.05) is 43.3 Å². The number of carbonyl (C=O) groups is 2. The highest BCUT2D eigenvalue weighted by molar-refractivity contribution is 5.76. The van der Waals surface area contributed by atoms with Crippen molar-refractivity contribution >= 4 is 12.0 Å². The summed E-state index contributed by atoms with van der Waals surface area (Å²) < 4.78 is 20.3. The van der Waals surface area contributed by atoms with Crippen LogP contribution in [0.5, 0.6) is 0 Å². The Hall–Kier alpha value is -2.97. The molecule has 0 saturated carbocycles. The number of amides is 2. The molecule has 2 aliphatic rings. The number of aliphatic hydroxyl groups is 1. The number of benzene rings is 2. The zero-order chi connectivity index (χ0) is 28.5. The Morgan fingerprint density at radius 1 is 1.20 bits per heavy atom. The number of hydrogen-bond acceptors (Lipinski definition) is 5. The Bertz CT molecular complexity index is 1150. The maximum atomic E-state index is 15.6. The van der Waals surface area contributed by atoms with E-state index in [4.69, 9.17) is 0 Å². The molecule has 3 atom stereocenters. The molecule has 0 radical (unpaired) electrons. The molecule has 1 unspecified atom stereocenters. The van der Waals surface area contributed by atoms with Crippen LogP contribution in [0.15, 0.2) is 42.5 Å². The topological polar surface area (TPSA) is 90.9 Å². The Kier molecular flexibility index (Phi) is 10.6. The van der Waals surface area contributed by atoms with Gasteiger partial charge in [-0.15, -0.1) is 0 Å². The highest BCUT2D eigenvalue weighted by atomic mass is 19.1. The van der Waals surface area contributed by atoms with Crippen LogP contribution >= 0.6 is 0 Å². The Morgan fingerprint density at radius 3 is 2.77 bits per heavy atom. The number of likely N-dealkylation sites (tertiary alicyclic amines) is 1. The number of methoxy groups -OCH3 is 1. The van der Waals surface area contributed by atoms with E-state index in [1.807, 2.05) is 35.2 Å². The lowest BCUT2D eigenvalue weighted by Gasteiger charge is -2.44. The minimum Gasteiger partial charge on any atom is -0.453 e. The van der Waals surface area contributed by atoms with Gasteiger partial charge in [-0.3, -0.25) is 4.79 Å². The van der Waals surface area contributed by atoms with E-state index in [-0.39, 0.29) is 17.6 Å². The molecular formula is C32H44FN3O4. The SMILES string of the molecule is CCc1cccc(-c2c(F)cccc2[C@](O)(CCCNC(=O)OC)[C@@H]2CCCN(C(=O)CC3CCCNC3)C2)c1. The third-order valence-electron chi connectivity index (χ3n) is 8.61. The fourth-order valence-corrected chi connectivity index (χ4v) is 6.37. The minimum atomic E-state index is -1.40. The molecule has 0 bridgehead atoms. The smallest absolute Gasteiger partial charge is 0.406 e. The molecule has 7 nitrogen and oxygen atoms in total. The summed E-state index contributed by atoms with van der Waals surface area (Å²) >= 11 is 0. The zero-order valence-electron chi connectivity index (χ0n) is 23.9. The van der Waals surface area contributed by atoms with Gasteiger partial charge in [0.25, 0.3) is 0 Å². The summed E-state index contributed by atoms with van der Waals surface area (Å²) in [6.07, 6.45) is 5.21. The molecule has 4 rings (SSSR count). The summed E-state index contributed by atoms with van der Waals surface area (Å²) in [4.78, 5) is 26.9. The van der Waals surface area contributed by atoms with Crippen molar-refractivity contribution in [2.24, 2.45) is 11.8 Å². The van der Waals surface area contributed by atoms with Crippen LogP contribution in [0.25, 0.3) is 11.1 Å². The van der Waals surface area contributed by atoms with E-state index >= 15 is 4.39 Å². The first-order valence-corrected chi connectivity index (χ1v) is 14.8. The fraction of sp³-hybridized carbons (Fsp3) is 0.562. The summed E-state index contributed by atoms with van der Waals surface area (Å²) in [7, 11) is 1.31. The second-order valence-corrected chi connectivity index (χ2v) is 11.3. The first-order chi connectivity index (χ1) is 19.4. The summed E-state index contributed by atoms with van der Waals surface area (Å²) in [5.74, 6) is -0.193. The van der Waals surface area contributed by atoms with Gasteiger partial charge in [0, 0.05) is 37.5 Å². The molecule has 2 heterocycles. The van der Waals surface area contributed by atoms with E-state index in [1.54, 1.807) is 6.07 Å². The molecule has 2 aliphatic heterocycles. The van der Waals surface area contributed by atoms with Gasteiger partial charge in [0.15, 0.2) is 0 Å². The number of rotatable bonds is 10. The van der Waals surface area contributed by atoms with Gasteiger partial charge in [-0.05, 0) is 86.7 Å². The van der Waals surface area contributed by atoms with Crippen molar-refractivity contribution in [1.29, 1.82) is 0 Å². The quantitative estimate of drug-likeness (QED) is 0.360. The van der Waals surface area contributed by atoms with Gasteiger partial charge in [0.2, 0.25) is 5.91 Å². The van der Waals surface area contributed by atoms with Crippen LogP contribution in [0.4, 0.5) is 9.18 Å². The number of ether oxygens (including phenoxy) is 1. The number of alkyl carbamates (subject to hydrolysis) is 1. The van der Waals surface area contributed by atoms with Crippen LogP contribution in [0.3, 0.4) is 0 Å². The van der Waals surface area contributed by atoms with E-state index in [2.05, 4.69) is 22.3 Å². The third kappa shape index (κ3) is 7.21. The van der Waals surface area contributed by atoms with Crippen molar-refractivity contribution in [2.45, 2.75) is 63.9 Å². The van der Waals surface area contributed by atoms with Crippen molar-refractivity contribution in [3.8, 4) is 11.1 Å². The van der Waals surface area contributed by atoms with Gasteiger partial charge in [-0.2, -0.15) is 0 Å². The summed E-state index contributed by atoms with van der Waals surface area (Å²) in [5.41, 5.74) is 1.35. The van der Waals surface area contributed by atoms with E-state index in [1.165, 1.54) is 13.2 Å². The average Bonchev–Trinajstić information content (AvgIpc) is 2.99. The second kappa shape index (κ2) is 14.1. The van der Waals surface area contributed by atoms with Crippen molar-refractivity contribution in [1.82, 2.24) is 15.5 Å². The second-order valence-electron chi connectivity index (χ2n) is 11.3. The minimum absolute atomic E-state index is 0.128. The molecule has 0 aliphatic carbocycles. The molecule has 2 amide bonds. The first-order valence-electron chi connectivity index (χ1n) is 14.8. The highest BCUT2D eigenvalue weighted by Gasteiger charge is 2.43. The molecule has 2 aromatic rings. The van der Waals surface area contributed by atoms with Crippen LogP contribution in [-0.2, 0) is 21.6 Å². The van der Waals surface area contributed by atoms with Crippen LogP contribution < -0.4 is 10.6 Å². The predicted molar refractivity (Wildman–Crippen MR) is 154 cm³/mol. The predicted octanol–water partition coefficient (Wildman–Crippen LogP) is 5.01. The van der Waals surface area contributed by atoms with Crippen LogP contribution in [-0.4, -0.2) is 61.8 Å². The number of aryl methyl sites for hydroxylation is 1. The number of piperidine rings is 2. The van der Waals surface area contributed by atoms with Crippen LogP contribution in [0.2, 0.25) is 0 Å². The Balaban J connectivity index is 1.65. The molecule has 218 valence electrons. The molecule has 0 aromatic heterocycles. The molecule has 3 N–H and O–H groups in total. The Labute approximate surface area is 237 Å². The van der Waals surface area contributed by atoms with E-state index < -0.39 is 11.7 Å². The first kappa shape index (κ1) is 30.0. The standard InChI is InChI=1S/C32H44FN3O4/c1-3-23-9-4-11-25(19-23)30-27(13-5-14-28(30)33)32(39,15-8-17-35-31(38)40-2)26-12-7-18-36(22-26)29(37)20-24-10-6-16-34-21-24/h4-5,9,11,13-14,19,24,26,34,39H,3,6-8,10,12,15-18,20-22H2,1-2H3,(H,35,38)/t24?,26-,32+/m1/s1. The maximum absolute atomic E-state index is 15.6. The average molecular weight is 554 g/mol. The third-order valence-corrected chi connectivity index (χ3v) is 8.61. The van der Waals surface area contributed by atoms with E-state index in [9.17, 15) is 14.7 Å². The number of halogens is 1. The molecular weight excluding hydrogens is 509 g/mol. The zero-order valence-corrected chi connectivity index (χ0v) is 23.9. The van der Waals surface area contributed by atoms with Crippen molar-refractivity contribution < 1.29 is 23.8 Å². The molecule has 8 heteroatoms. The number of nitrogens with one attached hydrogen (secondary N) is 2. The Morgan fingerprint density at radius 2 is 2.02 bits per heavy atom. The molecule has 2 saturated heterocycles. The molecule has 0 spiro atoms.